The van der Waals surface area contributed by atoms with Crippen molar-refractivity contribution in [3.05, 3.63) is 23.3 Å². The van der Waals surface area contributed by atoms with Gasteiger partial charge in [-0.2, -0.15) is 0 Å². The Morgan fingerprint density at radius 2 is 2.31 bits per heavy atom. The zero-order valence-electron chi connectivity index (χ0n) is 7.13. The number of ether oxygens (including phenoxy) is 1. The van der Waals surface area contributed by atoms with Gasteiger partial charge in [0.25, 0.3) is 5.91 Å². The van der Waals surface area contributed by atoms with Gasteiger partial charge in [-0.15, -0.1) is 0 Å². The molecule has 0 radical (unpaired) electrons. The van der Waals surface area contributed by atoms with Crippen molar-refractivity contribution < 1.29 is 14.6 Å². The minimum Gasteiger partial charge on any atom is -0.507 e. The topological polar surface area (TPSA) is 58.6 Å². The van der Waals surface area contributed by atoms with E-state index in [0.717, 1.165) is 0 Å². The molecule has 4 nitrogen and oxygen atoms in total. The summed E-state index contributed by atoms with van der Waals surface area (Å²) >= 11 is 0. The SMILES string of the molecule is COc1cc(O)c2c(c1)C(=O)NC2. The molecule has 0 spiro atoms. The molecule has 0 saturated heterocycles. The highest BCUT2D eigenvalue weighted by molar-refractivity contribution is 5.99. The lowest BCUT2D eigenvalue weighted by Crippen LogP contribution is -2.12. The number of hydrogen-bond acceptors (Lipinski definition) is 3. The van der Waals surface area contributed by atoms with Crippen LogP contribution < -0.4 is 10.1 Å². The molecule has 13 heavy (non-hydrogen) atoms. The molecular formula is C9H9NO3. The number of benzene rings is 1. The van der Waals surface area contributed by atoms with Crippen LogP contribution in [0.1, 0.15) is 15.9 Å². The molecule has 1 heterocycles. The maximum atomic E-state index is 11.2. The van der Waals surface area contributed by atoms with Gasteiger partial charge in [-0.05, 0) is 6.07 Å². The third-order valence-electron chi connectivity index (χ3n) is 2.11. The van der Waals surface area contributed by atoms with Crippen molar-refractivity contribution in [2.24, 2.45) is 0 Å². The predicted molar refractivity (Wildman–Crippen MR) is 45.8 cm³/mol. The summed E-state index contributed by atoms with van der Waals surface area (Å²) in [5, 5.41) is 12.1. The monoisotopic (exact) mass is 179 g/mol. The second-order valence-electron chi connectivity index (χ2n) is 2.86. The van der Waals surface area contributed by atoms with Gasteiger partial charge in [-0.25, -0.2) is 0 Å². The van der Waals surface area contributed by atoms with E-state index in [-0.39, 0.29) is 11.7 Å². The number of phenols is 1. The Morgan fingerprint density at radius 1 is 1.54 bits per heavy atom. The molecule has 1 aromatic rings. The third-order valence-corrected chi connectivity index (χ3v) is 2.11. The number of amides is 1. The Kier molecular flexibility index (Phi) is 1.62. The first-order valence-electron chi connectivity index (χ1n) is 3.90. The highest BCUT2D eigenvalue weighted by Crippen LogP contribution is 2.30. The predicted octanol–water partition coefficient (Wildman–Crippen LogP) is 0.644. The van der Waals surface area contributed by atoms with Crippen molar-refractivity contribution in [3.63, 3.8) is 0 Å². The van der Waals surface area contributed by atoms with Crippen LogP contribution in [0.15, 0.2) is 12.1 Å². The van der Waals surface area contributed by atoms with E-state index in [0.29, 0.717) is 23.4 Å². The van der Waals surface area contributed by atoms with E-state index >= 15 is 0 Å². The molecule has 0 unspecified atom stereocenters. The summed E-state index contributed by atoms with van der Waals surface area (Å²) in [6.45, 7) is 0.393. The third kappa shape index (κ3) is 1.11. The van der Waals surface area contributed by atoms with Crippen LogP contribution in [0.4, 0.5) is 0 Å². The smallest absolute Gasteiger partial charge is 0.252 e. The van der Waals surface area contributed by atoms with Gasteiger partial charge in [0.1, 0.15) is 11.5 Å². The van der Waals surface area contributed by atoms with Crippen molar-refractivity contribution in [1.82, 2.24) is 5.32 Å². The molecule has 68 valence electrons. The summed E-state index contributed by atoms with van der Waals surface area (Å²) in [6.07, 6.45) is 0. The van der Waals surface area contributed by atoms with E-state index in [1.165, 1.54) is 13.2 Å². The minimum absolute atomic E-state index is 0.104. The summed E-state index contributed by atoms with van der Waals surface area (Å²) < 4.78 is 4.93. The molecule has 2 N–H and O–H groups in total. The van der Waals surface area contributed by atoms with Crippen LogP contribution in [0, 0.1) is 0 Å². The minimum atomic E-state index is -0.163. The van der Waals surface area contributed by atoms with Gasteiger partial charge in [0, 0.05) is 18.2 Å². The molecule has 0 fully saturated rings. The number of carbonyl (C=O) groups is 1. The lowest BCUT2D eigenvalue weighted by Gasteiger charge is -2.03. The maximum Gasteiger partial charge on any atom is 0.252 e. The van der Waals surface area contributed by atoms with Crippen LogP contribution in [-0.2, 0) is 6.54 Å². The molecule has 0 bridgehead atoms. The molecule has 0 atom stereocenters. The second kappa shape index (κ2) is 2.65. The van der Waals surface area contributed by atoms with E-state index in [1.807, 2.05) is 0 Å². The van der Waals surface area contributed by atoms with Gasteiger partial charge >= 0.3 is 0 Å². The first-order valence-corrected chi connectivity index (χ1v) is 3.90. The molecule has 0 aromatic heterocycles. The zero-order chi connectivity index (χ0) is 9.42. The van der Waals surface area contributed by atoms with Crippen molar-refractivity contribution in [3.8, 4) is 11.5 Å². The van der Waals surface area contributed by atoms with E-state index in [2.05, 4.69) is 5.32 Å². The Bertz CT molecular complexity index is 373. The fourth-order valence-electron chi connectivity index (χ4n) is 1.40. The number of rotatable bonds is 1. The summed E-state index contributed by atoms with van der Waals surface area (Å²) in [7, 11) is 1.49. The van der Waals surface area contributed by atoms with Crippen molar-refractivity contribution >= 4 is 5.91 Å². The molecule has 1 aromatic carbocycles. The Hall–Kier alpha value is -1.71. The van der Waals surface area contributed by atoms with Gasteiger partial charge < -0.3 is 15.2 Å². The zero-order valence-corrected chi connectivity index (χ0v) is 7.13. The van der Waals surface area contributed by atoms with Crippen LogP contribution in [0.2, 0.25) is 0 Å². The quantitative estimate of drug-likeness (QED) is 0.665. The molecule has 2 rings (SSSR count). The average molecular weight is 179 g/mol. The van der Waals surface area contributed by atoms with Crippen LogP contribution in [0.3, 0.4) is 0 Å². The highest BCUT2D eigenvalue weighted by Gasteiger charge is 2.22. The van der Waals surface area contributed by atoms with Gasteiger partial charge in [-0.3, -0.25) is 4.79 Å². The summed E-state index contributed by atoms with van der Waals surface area (Å²) in [5.74, 6) is 0.435. The number of nitrogens with one attached hydrogen (secondary N) is 1. The summed E-state index contributed by atoms with van der Waals surface area (Å²) in [6, 6.07) is 3.12. The summed E-state index contributed by atoms with van der Waals surface area (Å²) in [5.41, 5.74) is 1.14. The van der Waals surface area contributed by atoms with Gasteiger partial charge in [0.05, 0.1) is 12.7 Å². The number of fused-ring (bicyclic) bond motifs is 1. The maximum absolute atomic E-state index is 11.2. The van der Waals surface area contributed by atoms with E-state index < -0.39 is 0 Å². The molecule has 1 amide bonds. The van der Waals surface area contributed by atoms with Crippen molar-refractivity contribution in [2.45, 2.75) is 6.54 Å². The number of hydrogen-bond donors (Lipinski definition) is 2. The van der Waals surface area contributed by atoms with E-state index in [9.17, 15) is 9.90 Å². The fourth-order valence-corrected chi connectivity index (χ4v) is 1.40. The first-order chi connectivity index (χ1) is 6.22. The van der Waals surface area contributed by atoms with E-state index in [4.69, 9.17) is 4.74 Å². The fraction of sp³-hybridized carbons (Fsp3) is 0.222. The van der Waals surface area contributed by atoms with Crippen molar-refractivity contribution in [2.75, 3.05) is 7.11 Å². The van der Waals surface area contributed by atoms with Crippen molar-refractivity contribution in [1.29, 1.82) is 0 Å². The normalized spacial score (nSPS) is 13.8. The second-order valence-corrected chi connectivity index (χ2v) is 2.86. The Balaban J connectivity index is 2.60. The average Bonchev–Trinajstić information content (AvgIpc) is 2.48. The van der Waals surface area contributed by atoms with Crippen LogP contribution in [0.25, 0.3) is 0 Å². The van der Waals surface area contributed by atoms with Crippen LogP contribution in [-0.4, -0.2) is 18.1 Å². The number of methoxy groups -OCH3 is 1. The Labute approximate surface area is 75.1 Å². The van der Waals surface area contributed by atoms with E-state index in [1.54, 1.807) is 6.07 Å². The summed E-state index contributed by atoms with van der Waals surface area (Å²) in [4.78, 5) is 11.2. The van der Waals surface area contributed by atoms with Gasteiger partial charge in [-0.1, -0.05) is 0 Å². The molecular weight excluding hydrogens is 170 g/mol. The lowest BCUT2D eigenvalue weighted by molar-refractivity contribution is 0.0965. The number of aromatic hydroxyl groups is 1. The number of phenolic OH excluding ortho intramolecular Hbond substituents is 1. The standard InChI is InChI=1S/C9H9NO3/c1-13-5-2-6-7(8(11)3-5)4-10-9(6)12/h2-3,11H,4H2,1H3,(H,10,12). The molecule has 1 aliphatic heterocycles. The highest BCUT2D eigenvalue weighted by atomic mass is 16.5. The molecule has 4 heteroatoms. The van der Waals surface area contributed by atoms with Gasteiger partial charge in [0.15, 0.2) is 0 Å². The van der Waals surface area contributed by atoms with Gasteiger partial charge in [0.2, 0.25) is 0 Å². The lowest BCUT2D eigenvalue weighted by atomic mass is 10.1. The Morgan fingerprint density at radius 3 is 3.00 bits per heavy atom. The number of carbonyl (C=O) groups excluding carboxylic acids is 1. The van der Waals surface area contributed by atoms with Crippen LogP contribution in [0.5, 0.6) is 11.5 Å². The first kappa shape index (κ1) is 7.91. The molecule has 0 aliphatic carbocycles. The van der Waals surface area contributed by atoms with Crippen LogP contribution >= 0.6 is 0 Å². The molecule has 0 saturated carbocycles. The largest absolute Gasteiger partial charge is 0.507 e. The molecule has 1 aliphatic rings.